The molecule has 0 saturated heterocycles. The van der Waals surface area contributed by atoms with Crippen molar-refractivity contribution < 1.29 is 4.79 Å². The van der Waals surface area contributed by atoms with Gasteiger partial charge in [0.15, 0.2) is 6.29 Å². The Hall–Kier alpha value is -1.19. The molecule has 0 atom stereocenters. The molecule has 4 nitrogen and oxygen atoms in total. The standard InChI is InChI=1S/C10H17N3O/c1-7(2)5-10-9(6-14)11-12-13(10)8(3)4/h6-8H,5H2,1-4H3. The lowest BCUT2D eigenvalue weighted by atomic mass is 10.1. The molecule has 78 valence electrons. The van der Waals surface area contributed by atoms with Crippen LogP contribution in [0.1, 0.15) is 49.9 Å². The summed E-state index contributed by atoms with van der Waals surface area (Å²) in [6, 6.07) is 0.255. The van der Waals surface area contributed by atoms with Gasteiger partial charge in [0.05, 0.1) is 5.69 Å². The average molecular weight is 195 g/mol. The lowest BCUT2D eigenvalue weighted by molar-refractivity contribution is 0.111. The third-order valence-electron chi connectivity index (χ3n) is 2.02. The molecule has 14 heavy (non-hydrogen) atoms. The summed E-state index contributed by atoms with van der Waals surface area (Å²) in [7, 11) is 0. The zero-order valence-electron chi connectivity index (χ0n) is 9.19. The molecule has 0 aliphatic heterocycles. The van der Waals surface area contributed by atoms with E-state index in [9.17, 15) is 4.79 Å². The van der Waals surface area contributed by atoms with E-state index in [4.69, 9.17) is 0 Å². The highest BCUT2D eigenvalue weighted by Gasteiger charge is 2.15. The zero-order chi connectivity index (χ0) is 10.7. The van der Waals surface area contributed by atoms with Crippen LogP contribution in [0.5, 0.6) is 0 Å². The van der Waals surface area contributed by atoms with Crippen LogP contribution in [0.4, 0.5) is 0 Å². The summed E-state index contributed by atoms with van der Waals surface area (Å²) in [5, 5.41) is 7.83. The molecule has 0 fully saturated rings. The number of aldehydes is 1. The third-order valence-corrected chi connectivity index (χ3v) is 2.02. The average Bonchev–Trinajstić information content (AvgIpc) is 2.46. The molecule has 1 rings (SSSR count). The van der Waals surface area contributed by atoms with E-state index in [1.807, 2.05) is 18.5 Å². The second-order valence-electron chi connectivity index (χ2n) is 4.18. The Morgan fingerprint density at radius 2 is 2.00 bits per heavy atom. The third kappa shape index (κ3) is 2.19. The van der Waals surface area contributed by atoms with Gasteiger partial charge in [-0.25, -0.2) is 4.68 Å². The number of aromatic nitrogens is 3. The molecule has 4 heteroatoms. The molecule has 0 bridgehead atoms. The Balaban J connectivity index is 3.05. The number of hydrogen-bond donors (Lipinski definition) is 0. The molecule has 0 unspecified atom stereocenters. The van der Waals surface area contributed by atoms with Gasteiger partial charge >= 0.3 is 0 Å². The van der Waals surface area contributed by atoms with Crippen molar-refractivity contribution in [2.24, 2.45) is 5.92 Å². The Labute approximate surface area is 84.3 Å². The fourth-order valence-electron chi connectivity index (χ4n) is 1.42. The van der Waals surface area contributed by atoms with E-state index < -0.39 is 0 Å². The van der Waals surface area contributed by atoms with Crippen molar-refractivity contribution in [3.8, 4) is 0 Å². The molecule has 0 aliphatic carbocycles. The fourth-order valence-corrected chi connectivity index (χ4v) is 1.42. The molecule has 0 aliphatic rings. The van der Waals surface area contributed by atoms with Crippen LogP contribution >= 0.6 is 0 Å². The maximum atomic E-state index is 10.7. The number of rotatable bonds is 4. The van der Waals surface area contributed by atoms with Gasteiger partial charge in [0, 0.05) is 6.04 Å². The number of hydrogen-bond acceptors (Lipinski definition) is 3. The lowest BCUT2D eigenvalue weighted by Crippen LogP contribution is -2.10. The first-order valence-electron chi connectivity index (χ1n) is 4.95. The molecule has 0 N–H and O–H groups in total. The quantitative estimate of drug-likeness (QED) is 0.689. The second-order valence-corrected chi connectivity index (χ2v) is 4.18. The number of nitrogens with zero attached hydrogens (tertiary/aromatic N) is 3. The van der Waals surface area contributed by atoms with Crippen LogP contribution in [0.3, 0.4) is 0 Å². The van der Waals surface area contributed by atoms with Gasteiger partial charge in [-0.05, 0) is 26.2 Å². The van der Waals surface area contributed by atoms with Crippen molar-refractivity contribution >= 4 is 6.29 Å². The van der Waals surface area contributed by atoms with Gasteiger partial charge in [0.2, 0.25) is 0 Å². The van der Waals surface area contributed by atoms with Crippen LogP contribution in [-0.2, 0) is 6.42 Å². The highest BCUT2D eigenvalue weighted by Crippen LogP contribution is 2.14. The van der Waals surface area contributed by atoms with Crippen molar-refractivity contribution in [2.75, 3.05) is 0 Å². The Bertz CT molecular complexity index is 315. The van der Waals surface area contributed by atoms with Crippen LogP contribution in [0.15, 0.2) is 0 Å². The van der Waals surface area contributed by atoms with Crippen molar-refractivity contribution in [3.05, 3.63) is 11.4 Å². The highest BCUT2D eigenvalue weighted by molar-refractivity contribution is 5.73. The molecule has 0 saturated carbocycles. The summed E-state index contributed by atoms with van der Waals surface area (Å²) < 4.78 is 1.82. The van der Waals surface area contributed by atoms with E-state index in [0.717, 1.165) is 18.4 Å². The molecule has 0 spiro atoms. The zero-order valence-corrected chi connectivity index (χ0v) is 9.19. The molecule has 1 aromatic rings. The van der Waals surface area contributed by atoms with Gasteiger partial charge in [-0.15, -0.1) is 5.10 Å². The first-order valence-corrected chi connectivity index (χ1v) is 4.95. The molecule has 1 aromatic heterocycles. The summed E-state index contributed by atoms with van der Waals surface area (Å²) in [6.07, 6.45) is 1.63. The highest BCUT2D eigenvalue weighted by atomic mass is 16.1. The van der Waals surface area contributed by atoms with Crippen molar-refractivity contribution in [1.29, 1.82) is 0 Å². The number of carbonyl (C=O) groups is 1. The Morgan fingerprint density at radius 1 is 1.36 bits per heavy atom. The van der Waals surface area contributed by atoms with E-state index in [0.29, 0.717) is 11.6 Å². The van der Waals surface area contributed by atoms with E-state index in [-0.39, 0.29) is 6.04 Å². The van der Waals surface area contributed by atoms with Crippen LogP contribution in [0.25, 0.3) is 0 Å². The molecular formula is C10H17N3O. The molecular weight excluding hydrogens is 178 g/mol. The first kappa shape index (κ1) is 10.9. The minimum Gasteiger partial charge on any atom is -0.296 e. The maximum absolute atomic E-state index is 10.7. The van der Waals surface area contributed by atoms with Crippen LogP contribution in [0.2, 0.25) is 0 Å². The summed E-state index contributed by atoms with van der Waals surface area (Å²) in [4.78, 5) is 10.7. The van der Waals surface area contributed by atoms with Gasteiger partial charge in [-0.2, -0.15) is 0 Å². The van der Waals surface area contributed by atoms with Gasteiger partial charge in [-0.3, -0.25) is 4.79 Å². The molecule has 0 aromatic carbocycles. The van der Waals surface area contributed by atoms with Crippen LogP contribution in [0, 0.1) is 5.92 Å². The van der Waals surface area contributed by atoms with Gasteiger partial charge in [0.1, 0.15) is 5.69 Å². The Morgan fingerprint density at radius 3 is 2.43 bits per heavy atom. The SMILES string of the molecule is CC(C)Cc1c(C=O)nnn1C(C)C. The Kier molecular flexibility index (Phi) is 3.38. The first-order chi connectivity index (χ1) is 6.56. The minimum absolute atomic E-state index is 0.255. The van der Waals surface area contributed by atoms with Gasteiger partial charge in [-0.1, -0.05) is 19.1 Å². The summed E-state index contributed by atoms with van der Waals surface area (Å²) in [6.45, 7) is 8.30. The monoisotopic (exact) mass is 195 g/mol. The van der Waals surface area contributed by atoms with E-state index in [1.54, 1.807) is 0 Å². The molecule has 0 amide bonds. The largest absolute Gasteiger partial charge is 0.296 e. The van der Waals surface area contributed by atoms with Crippen molar-refractivity contribution in [1.82, 2.24) is 15.0 Å². The van der Waals surface area contributed by atoms with E-state index >= 15 is 0 Å². The van der Waals surface area contributed by atoms with Crippen LogP contribution in [-0.4, -0.2) is 21.3 Å². The summed E-state index contributed by atoms with van der Waals surface area (Å²) in [5.41, 5.74) is 1.43. The van der Waals surface area contributed by atoms with Crippen molar-refractivity contribution in [2.45, 2.75) is 40.2 Å². The summed E-state index contributed by atoms with van der Waals surface area (Å²) >= 11 is 0. The normalized spacial score (nSPS) is 11.3. The van der Waals surface area contributed by atoms with E-state index in [2.05, 4.69) is 24.2 Å². The minimum atomic E-state index is 0.255. The fraction of sp³-hybridized carbons (Fsp3) is 0.700. The molecule has 0 radical (unpaired) electrons. The molecule has 1 heterocycles. The number of carbonyl (C=O) groups excluding carboxylic acids is 1. The van der Waals surface area contributed by atoms with Crippen LogP contribution < -0.4 is 0 Å². The lowest BCUT2D eigenvalue weighted by Gasteiger charge is -2.11. The van der Waals surface area contributed by atoms with E-state index in [1.165, 1.54) is 0 Å². The smallest absolute Gasteiger partial charge is 0.172 e. The van der Waals surface area contributed by atoms with Crippen molar-refractivity contribution in [3.63, 3.8) is 0 Å². The topological polar surface area (TPSA) is 47.8 Å². The maximum Gasteiger partial charge on any atom is 0.172 e. The predicted octanol–water partition coefficient (Wildman–Crippen LogP) is 1.87. The predicted molar refractivity (Wildman–Crippen MR) is 54.3 cm³/mol. The van der Waals surface area contributed by atoms with Gasteiger partial charge < -0.3 is 0 Å². The van der Waals surface area contributed by atoms with Gasteiger partial charge in [0.25, 0.3) is 0 Å². The summed E-state index contributed by atoms with van der Waals surface area (Å²) in [5.74, 6) is 0.504. The second kappa shape index (κ2) is 4.35.